The minimum atomic E-state index is 0.557. The van der Waals surface area contributed by atoms with Gasteiger partial charge in [-0.15, -0.1) is 0 Å². The molecule has 0 bridgehead atoms. The van der Waals surface area contributed by atoms with Crippen LogP contribution in [0.4, 0.5) is 0 Å². The Morgan fingerprint density at radius 3 is 3.08 bits per heavy atom. The molecule has 1 heterocycles. The first-order chi connectivity index (χ1) is 6.33. The van der Waals surface area contributed by atoms with E-state index in [4.69, 9.17) is 4.74 Å². The van der Waals surface area contributed by atoms with Gasteiger partial charge < -0.3 is 9.72 Å². The summed E-state index contributed by atoms with van der Waals surface area (Å²) in [6, 6.07) is 6.63. The number of aromatic amines is 1. The van der Waals surface area contributed by atoms with Crippen LogP contribution in [0.2, 0.25) is 0 Å². The summed E-state index contributed by atoms with van der Waals surface area (Å²) in [5, 5.41) is 0.851. The van der Waals surface area contributed by atoms with Crippen LogP contribution in [0.25, 0.3) is 11.0 Å². The summed E-state index contributed by atoms with van der Waals surface area (Å²) < 4.78 is 4.99. The molecule has 13 heavy (non-hydrogen) atoms. The molecule has 0 saturated carbocycles. The predicted octanol–water partition coefficient (Wildman–Crippen LogP) is 2.47. The highest BCUT2D eigenvalue weighted by molar-refractivity contribution is 9.08. The van der Waals surface area contributed by atoms with Crippen LogP contribution in [0.15, 0.2) is 18.2 Å². The number of imidazole rings is 1. The summed E-state index contributed by atoms with van der Waals surface area (Å²) in [6.45, 7) is 0. The smallest absolute Gasteiger partial charge is 0.294 e. The lowest BCUT2D eigenvalue weighted by Crippen LogP contribution is -1.82. The molecule has 2 rings (SSSR count). The van der Waals surface area contributed by atoms with Crippen LogP contribution in [-0.2, 0) is 5.33 Å². The van der Waals surface area contributed by atoms with Crippen LogP contribution in [0.5, 0.6) is 6.01 Å². The maximum absolute atomic E-state index is 4.99. The van der Waals surface area contributed by atoms with Gasteiger partial charge in [-0.25, -0.2) is 0 Å². The second-order valence-electron chi connectivity index (χ2n) is 2.73. The Morgan fingerprint density at radius 1 is 1.54 bits per heavy atom. The number of hydrogen-bond donors (Lipinski definition) is 1. The van der Waals surface area contributed by atoms with Crippen LogP contribution in [0, 0.1) is 0 Å². The Morgan fingerprint density at radius 2 is 2.38 bits per heavy atom. The molecule has 1 N–H and O–H groups in total. The Balaban J connectivity index is 2.57. The number of rotatable bonds is 2. The molecule has 0 saturated heterocycles. The number of alkyl halides is 1. The number of nitrogens with one attached hydrogen (secondary N) is 1. The molecule has 0 spiro atoms. The molecular formula is C9H9BrN2O. The molecule has 0 aliphatic heterocycles. The van der Waals surface area contributed by atoms with Crippen molar-refractivity contribution in [2.45, 2.75) is 5.33 Å². The number of fused-ring (bicyclic) bond motifs is 1. The summed E-state index contributed by atoms with van der Waals surface area (Å²) in [4.78, 5) is 7.28. The summed E-state index contributed by atoms with van der Waals surface area (Å²) in [7, 11) is 1.60. The SMILES string of the molecule is COc1nc2ccc(CBr)cc2[nH]1. The highest BCUT2D eigenvalue weighted by atomic mass is 79.9. The van der Waals surface area contributed by atoms with E-state index in [-0.39, 0.29) is 0 Å². The van der Waals surface area contributed by atoms with E-state index in [1.54, 1.807) is 7.11 Å². The Kier molecular flexibility index (Phi) is 2.22. The molecule has 0 aliphatic carbocycles. The lowest BCUT2D eigenvalue weighted by atomic mass is 10.2. The van der Waals surface area contributed by atoms with Crippen LogP contribution >= 0.6 is 15.9 Å². The number of methoxy groups -OCH3 is 1. The van der Waals surface area contributed by atoms with Gasteiger partial charge in [-0.3, -0.25) is 0 Å². The average Bonchev–Trinajstić information content (AvgIpc) is 2.58. The molecule has 1 aromatic heterocycles. The zero-order valence-corrected chi connectivity index (χ0v) is 8.76. The first kappa shape index (κ1) is 8.56. The quantitative estimate of drug-likeness (QED) is 0.820. The average molecular weight is 241 g/mol. The van der Waals surface area contributed by atoms with E-state index >= 15 is 0 Å². The summed E-state index contributed by atoms with van der Waals surface area (Å²) in [5.74, 6) is 0. The fourth-order valence-corrected chi connectivity index (χ4v) is 1.56. The van der Waals surface area contributed by atoms with Gasteiger partial charge in [0, 0.05) is 5.33 Å². The number of hydrogen-bond acceptors (Lipinski definition) is 2. The van der Waals surface area contributed by atoms with Gasteiger partial charge in [0.05, 0.1) is 18.1 Å². The van der Waals surface area contributed by atoms with Gasteiger partial charge in [-0.2, -0.15) is 4.98 Å². The molecule has 0 radical (unpaired) electrons. The largest absolute Gasteiger partial charge is 0.468 e. The molecule has 2 aromatic rings. The molecule has 1 aromatic carbocycles. The Bertz CT molecular complexity index is 422. The maximum Gasteiger partial charge on any atom is 0.294 e. The normalized spacial score (nSPS) is 10.6. The number of nitrogens with zero attached hydrogens (tertiary/aromatic N) is 1. The third-order valence-electron chi connectivity index (χ3n) is 1.87. The van der Waals surface area contributed by atoms with Gasteiger partial charge in [0.2, 0.25) is 0 Å². The van der Waals surface area contributed by atoms with Gasteiger partial charge in [-0.05, 0) is 17.7 Å². The first-order valence-electron chi connectivity index (χ1n) is 3.92. The Hall–Kier alpha value is -1.03. The van der Waals surface area contributed by atoms with Crippen molar-refractivity contribution >= 4 is 27.0 Å². The van der Waals surface area contributed by atoms with Crippen molar-refractivity contribution in [2.75, 3.05) is 7.11 Å². The van der Waals surface area contributed by atoms with Crippen LogP contribution in [0.1, 0.15) is 5.56 Å². The highest BCUT2D eigenvalue weighted by Gasteiger charge is 2.02. The minimum absolute atomic E-state index is 0.557. The molecule has 0 fully saturated rings. The van der Waals surface area contributed by atoms with Gasteiger partial charge in [0.1, 0.15) is 0 Å². The van der Waals surface area contributed by atoms with Crippen LogP contribution < -0.4 is 4.74 Å². The van der Waals surface area contributed by atoms with E-state index in [9.17, 15) is 0 Å². The summed E-state index contributed by atoms with van der Waals surface area (Å²) in [6.07, 6.45) is 0. The highest BCUT2D eigenvalue weighted by Crippen LogP contribution is 2.18. The number of benzene rings is 1. The predicted molar refractivity (Wildman–Crippen MR) is 55.3 cm³/mol. The standard InChI is InChI=1S/C9H9BrN2O/c1-13-9-11-7-3-2-6(5-10)4-8(7)12-9/h2-4H,5H2,1H3,(H,11,12). The second-order valence-corrected chi connectivity index (χ2v) is 3.29. The Labute approximate surface area is 84.3 Å². The monoisotopic (exact) mass is 240 g/mol. The molecule has 0 amide bonds. The van der Waals surface area contributed by atoms with Crippen molar-refractivity contribution in [3.63, 3.8) is 0 Å². The summed E-state index contributed by atoms with van der Waals surface area (Å²) in [5.41, 5.74) is 3.16. The number of aromatic nitrogens is 2. The van der Waals surface area contributed by atoms with Crippen LogP contribution in [0.3, 0.4) is 0 Å². The molecule has 4 heteroatoms. The van der Waals surface area contributed by atoms with Crippen molar-refractivity contribution in [2.24, 2.45) is 0 Å². The molecule has 3 nitrogen and oxygen atoms in total. The van der Waals surface area contributed by atoms with E-state index in [2.05, 4.69) is 32.0 Å². The molecular weight excluding hydrogens is 232 g/mol. The number of H-pyrrole nitrogens is 1. The van der Waals surface area contributed by atoms with Crippen molar-refractivity contribution in [1.82, 2.24) is 9.97 Å². The summed E-state index contributed by atoms with van der Waals surface area (Å²) >= 11 is 3.40. The maximum atomic E-state index is 4.99. The first-order valence-corrected chi connectivity index (χ1v) is 5.04. The number of ether oxygens (including phenoxy) is 1. The van der Waals surface area contributed by atoms with Gasteiger partial charge in [0.15, 0.2) is 0 Å². The zero-order valence-electron chi connectivity index (χ0n) is 7.17. The third kappa shape index (κ3) is 1.54. The molecule has 0 aliphatic rings. The van der Waals surface area contributed by atoms with Gasteiger partial charge >= 0.3 is 0 Å². The van der Waals surface area contributed by atoms with E-state index in [0.29, 0.717) is 6.01 Å². The molecule has 0 atom stereocenters. The van der Waals surface area contributed by atoms with Gasteiger partial charge in [0.25, 0.3) is 6.01 Å². The van der Waals surface area contributed by atoms with Gasteiger partial charge in [-0.1, -0.05) is 22.0 Å². The van der Waals surface area contributed by atoms with E-state index < -0.39 is 0 Å². The zero-order chi connectivity index (χ0) is 9.26. The third-order valence-corrected chi connectivity index (χ3v) is 2.52. The number of halogens is 1. The fraction of sp³-hybridized carbons (Fsp3) is 0.222. The second kappa shape index (κ2) is 3.38. The molecule has 68 valence electrons. The van der Waals surface area contributed by atoms with Crippen molar-refractivity contribution < 1.29 is 4.74 Å². The lowest BCUT2D eigenvalue weighted by Gasteiger charge is -1.92. The van der Waals surface area contributed by atoms with E-state index in [1.807, 2.05) is 12.1 Å². The van der Waals surface area contributed by atoms with Crippen molar-refractivity contribution in [1.29, 1.82) is 0 Å². The minimum Gasteiger partial charge on any atom is -0.468 e. The fourth-order valence-electron chi connectivity index (χ4n) is 1.21. The topological polar surface area (TPSA) is 37.9 Å². The van der Waals surface area contributed by atoms with E-state index in [1.165, 1.54) is 5.56 Å². The lowest BCUT2D eigenvalue weighted by molar-refractivity contribution is 0.386. The van der Waals surface area contributed by atoms with Crippen molar-refractivity contribution in [3.05, 3.63) is 23.8 Å². The molecule has 0 unspecified atom stereocenters. The van der Waals surface area contributed by atoms with Crippen molar-refractivity contribution in [3.8, 4) is 6.01 Å². The van der Waals surface area contributed by atoms with E-state index in [0.717, 1.165) is 16.4 Å². The van der Waals surface area contributed by atoms with Crippen LogP contribution in [-0.4, -0.2) is 17.1 Å².